The molecular formula is C26H23NO3. The van der Waals surface area contributed by atoms with E-state index in [-0.39, 0.29) is 18.9 Å². The number of carbonyl (C=O) groups excluding carboxylic acids is 1. The third-order valence-corrected chi connectivity index (χ3v) is 4.92. The molecule has 4 aromatic rings. The topological polar surface area (TPSA) is 58.6 Å². The fraction of sp³-hybridized carbons (Fsp3) is 0.115. The maximum atomic E-state index is 12.8. The third kappa shape index (κ3) is 4.50. The van der Waals surface area contributed by atoms with Gasteiger partial charge in [-0.3, -0.25) is 4.79 Å². The van der Waals surface area contributed by atoms with Crippen LogP contribution in [0.25, 0.3) is 10.8 Å². The molecule has 0 bridgehead atoms. The molecule has 4 rings (SSSR count). The Bertz CT molecular complexity index is 1140. The summed E-state index contributed by atoms with van der Waals surface area (Å²) in [6.07, 6.45) is -0.733. The second-order valence-corrected chi connectivity index (χ2v) is 7.06. The fourth-order valence-electron chi connectivity index (χ4n) is 3.37. The number of ether oxygens (including phenoxy) is 1. The molecule has 2 N–H and O–H groups in total. The van der Waals surface area contributed by atoms with Gasteiger partial charge >= 0.3 is 0 Å². The minimum absolute atomic E-state index is 0.0554. The van der Waals surface area contributed by atoms with E-state index in [1.165, 1.54) is 0 Å². The van der Waals surface area contributed by atoms with Crippen molar-refractivity contribution in [2.24, 2.45) is 0 Å². The van der Waals surface area contributed by atoms with Gasteiger partial charge in [0.25, 0.3) is 0 Å². The van der Waals surface area contributed by atoms with Gasteiger partial charge in [-0.1, -0.05) is 78.9 Å². The molecule has 0 saturated carbocycles. The van der Waals surface area contributed by atoms with Gasteiger partial charge in [-0.25, -0.2) is 0 Å². The van der Waals surface area contributed by atoms with Gasteiger partial charge in [0.05, 0.1) is 0 Å². The highest BCUT2D eigenvalue weighted by Gasteiger charge is 2.14. The molecule has 0 saturated heterocycles. The Balaban J connectivity index is 1.40. The first-order valence-corrected chi connectivity index (χ1v) is 9.93. The van der Waals surface area contributed by atoms with E-state index in [9.17, 15) is 9.90 Å². The van der Waals surface area contributed by atoms with Crippen LogP contribution < -0.4 is 10.1 Å². The molecule has 30 heavy (non-hydrogen) atoms. The number of carbonyl (C=O) groups is 1. The van der Waals surface area contributed by atoms with Crippen LogP contribution in [0.4, 0.5) is 5.69 Å². The van der Waals surface area contributed by atoms with E-state index >= 15 is 0 Å². The maximum Gasteiger partial charge on any atom is 0.195 e. The van der Waals surface area contributed by atoms with Crippen molar-refractivity contribution in [2.75, 3.05) is 18.5 Å². The zero-order valence-corrected chi connectivity index (χ0v) is 16.5. The van der Waals surface area contributed by atoms with Crippen molar-refractivity contribution in [1.82, 2.24) is 0 Å². The number of nitrogens with one attached hydrogen (secondary N) is 1. The van der Waals surface area contributed by atoms with Crippen LogP contribution in [0.3, 0.4) is 0 Å². The lowest BCUT2D eigenvalue weighted by atomic mass is 10.0. The van der Waals surface area contributed by atoms with Gasteiger partial charge in [0.2, 0.25) is 0 Å². The minimum atomic E-state index is -0.733. The van der Waals surface area contributed by atoms with E-state index in [1.807, 2.05) is 78.9 Å². The van der Waals surface area contributed by atoms with Crippen molar-refractivity contribution in [3.8, 4) is 5.75 Å². The van der Waals surface area contributed by atoms with Crippen molar-refractivity contribution in [2.45, 2.75) is 6.10 Å². The molecule has 0 aliphatic carbocycles. The summed E-state index contributed by atoms with van der Waals surface area (Å²) in [6.45, 7) is 0.416. The van der Waals surface area contributed by atoms with Crippen LogP contribution in [0.2, 0.25) is 0 Å². The van der Waals surface area contributed by atoms with E-state index < -0.39 is 6.10 Å². The lowest BCUT2D eigenvalue weighted by Crippen LogP contribution is -2.27. The van der Waals surface area contributed by atoms with Crippen LogP contribution in [0.5, 0.6) is 5.75 Å². The van der Waals surface area contributed by atoms with E-state index in [1.54, 1.807) is 18.2 Å². The average molecular weight is 397 g/mol. The fourth-order valence-corrected chi connectivity index (χ4v) is 3.37. The highest BCUT2D eigenvalue weighted by molar-refractivity contribution is 6.12. The number of para-hydroxylation sites is 1. The van der Waals surface area contributed by atoms with Crippen molar-refractivity contribution < 1.29 is 14.6 Å². The van der Waals surface area contributed by atoms with E-state index in [0.717, 1.165) is 16.5 Å². The summed E-state index contributed by atoms with van der Waals surface area (Å²) < 4.78 is 5.86. The molecule has 0 amide bonds. The summed E-state index contributed by atoms with van der Waals surface area (Å²) in [7, 11) is 0. The molecule has 0 aromatic heterocycles. The van der Waals surface area contributed by atoms with Crippen LogP contribution in [-0.4, -0.2) is 30.1 Å². The number of anilines is 1. The Hall–Kier alpha value is -3.63. The van der Waals surface area contributed by atoms with Crippen LogP contribution in [0, 0.1) is 0 Å². The first-order valence-electron chi connectivity index (χ1n) is 9.93. The molecule has 0 aliphatic rings. The van der Waals surface area contributed by atoms with E-state index in [0.29, 0.717) is 16.8 Å². The number of aliphatic hydroxyl groups is 1. The molecule has 4 aromatic carbocycles. The first kappa shape index (κ1) is 19.7. The normalized spacial score (nSPS) is 11.8. The summed E-state index contributed by atoms with van der Waals surface area (Å²) in [6, 6.07) is 30.3. The third-order valence-electron chi connectivity index (χ3n) is 4.92. The van der Waals surface area contributed by atoms with Crippen molar-refractivity contribution in [1.29, 1.82) is 0 Å². The Morgan fingerprint density at radius 3 is 2.40 bits per heavy atom. The zero-order valence-electron chi connectivity index (χ0n) is 16.5. The quantitative estimate of drug-likeness (QED) is 0.414. The van der Waals surface area contributed by atoms with Gasteiger partial charge in [-0.2, -0.15) is 0 Å². The number of hydrogen-bond donors (Lipinski definition) is 2. The van der Waals surface area contributed by atoms with Gasteiger partial charge in [0.1, 0.15) is 18.5 Å². The van der Waals surface area contributed by atoms with Crippen LogP contribution in [-0.2, 0) is 0 Å². The number of rotatable bonds is 8. The number of ketones is 1. The molecular weight excluding hydrogens is 374 g/mol. The largest absolute Gasteiger partial charge is 0.490 e. The summed E-state index contributed by atoms with van der Waals surface area (Å²) >= 11 is 0. The monoisotopic (exact) mass is 397 g/mol. The first-order chi connectivity index (χ1) is 14.7. The Labute approximate surface area is 175 Å². The highest BCUT2D eigenvalue weighted by Crippen LogP contribution is 2.25. The van der Waals surface area contributed by atoms with Gasteiger partial charge in [0, 0.05) is 28.7 Å². The minimum Gasteiger partial charge on any atom is -0.490 e. The summed E-state index contributed by atoms with van der Waals surface area (Å²) in [5, 5.41) is 15.7. The van der Waals surface area contributed by atoms with Crippen molar-refractivity contribution in [3.05, 3.63) is 108 Å². The molecule has 1 atom stereocenters. The van der Waals surface area contributed by atoms with Gasteiger partial charge in [-0.15, -0.1) is 0 Å². The smallest absolute Gasteiger partial charge is 0.195 e. The molecule has 150 valence electrons. The maximum absolute atomic E-state index is 12.8. The van der Waals surface area contributed by atoms with Crippen LogP contribution >= 0.6 is 0 Å². The Morgan fingerprint density at radius 2 is 1.53 bits per heavy atom. The number of hydrogen-bond acceptors (Lipinski definition) is 4. The molecule has 0 spiro atoms. The lowest BCUT2D eigenvalue weighted by molar-refractivity contribution is 0.103. The molecule has 0 heterocycles. The van der Waals surface area contributed by atoms with E-state index in [2.05, 4.69) is 5.32 Å². The SMILES string of the molecule is O=C(c1ccccc1)c1ccccc1NCC(O)COc1cccc2ccccc12. The molecule has 1 unspecified atom stereocenters. The molecule has 0 aliphatic heterocycles. The lowest BCUT2D eigenvalue weighted by Gasteiger charge is -2.16. The van der Waals surface area contributed by atoms with Gasteiger partial charge in [0.15, 0.2) is 5.78 Å². The Morgan fingerprint density at radius 1 is 0.833 bits per heavy atom. The number of benzene rings is 4. The van der Waals surface area contributed by atoms with Crippen molar-refractivity contribution in [3.63, 3.8) is 0 Å². The van der Waals surface area contributed by atoms with Crippen LogP contribution in [0.1, 0.15) is 15.9 Å². The van der Waals surface area contributed by atoms with Gasteiger partial charge in [-0.05, 0) is 23.6 Å². The zero-order chi connectivity index (χ0) is 20.8. The van der Waals surface area contributed by atoms with Crippen molar-refractivity contribution >= 4 is 22.2 Å². The standard InChI is InChI=1S/C26H23NO3/c28-21(18-30-25-16-8-12-19-9-4-5-13-22(19)25)17-27-24-15-7-6-14-23(24)26(29)20-10-2-1-3-11-20/h1-16,21,27-28H,17-18H2. The summed E-state index contributed by atoms with van der Waals surface area (Å²) in [5.74, 6) is 0.687. The molecule has 0 fully saturated rings. The summed E-state index contributed by atoms with van der Waals surface area (Å²) in [4.78, 5) is 12.8. The number of aliphatic hydroxyl groups excluding tert-OH is 1. The molecule has 4 nitrogen and oxygen atoms in total. The average Bonchev–Trinajstić information content (AvgIpc) is 2.81. The second-order valence-electron chi connectivity index (χ2n) is 7.06. The predicted molar refractivity (Wildman–Crippen MR) is 120 cm³/mol. The van der Waals surface area contributed by atoms with E-state index in [4.69, 9.17) is 4.74 Å². The predicted octanol–water partition coefficient (Wildman–Crippen LogP) is 4.92. The highest BCUT2D eigenvalue weighted by atomic mass is 16.5. The Kier molecular flexibility index (Phi) is 6.06. The van der Waals surface area contributed by atoms with Crippen LogP contribution in [0.15, 0.2) is 97.1 Å². The van der Waals surface area contributed by atoms with Gasteiger partial charge < -0.3 is 15.2 Å². The second kappa shape index (κ2) is 9.25. The molecule has 4 heteroatoms. The molecule has 0 radical (unpaired) electrons. The summed E-state index contributed by atoms with van der Waals surface area (Å²) in [5.41, 5.74) is 1.90. The number of fused-ring (bicyclic) bond motifs is 1.